The van der Waals surface area contributed by atoms with E-state index >= 15 is 0 Å². The van der Waals surface area contributed by atoms with Crippen molar-refractivity contribution in [1.82, 2.24) is 4.98 Å². The number of rotatable bonds is 3. The first-order chi connectivity index (χ1) is 6.13. The van der Waals surface area contributed by atoms with E-state index in [1.54, 1.807) is 6.92 Å². The monoisotopic (exact) mass is 198 g/mol. The van der Waals surface area contributed by atoms with Gasteiger partial charge >= 0.3 is 0 Å². The fourth-order valence-corrected chi connectivity index (χ4v) is 1.37. The Morgan fingerprint density at radius 1 is 1.54 bits per heavy atom. The van der Waals surface area contributed by atoms with Crippen LogP contribution in [0.15, 0.2) is 10.3 Å². The first kappa shape index (κ1) is 9.79. The molecule has 0 fully saturated rings. The van der Waals surface area contributed by atoms with Gasteiger partial charge in [-0.05, 0) is 25.9 Å². The van der Waals surface area contributed by atoms with Gasteiger partial charge in [-0.15, -0.1) is 4.91 Å². The second-order valence-electron chi connectivity index (χ2n) is 2.67. The van der Waals surface area contributed by atoms with E-state index in [0.717, 1.165) is 5.71 Å². The molecule has 1 heterocycles. The summed E-state index contributed by atoms with van der Waals surface area (Å²) in [7, 11) is 0. The molecule has 6 heteroatoms. The molecule has 1 aromatic rings. The quantitative estimate of drug-likeness (QED) is 0.461. The van der Waals surface area contributed by atoms with E-state index in [1.807, 2.05) is 13.8 Å². The average Bonchev–Trinajstić information content (AvgIpc) is 2.43. The molecule has 5 nitrogen and oxygen atoms in total. The van der Waals surface area contributed by atoms with E-state index < -0.39 is 0 Å². The third-order valence-corrected chi connectivity index (χ3v) is 2.17. The molecule has 0 saturated carbocycles. The highest BCUT2D eigenvalue weighted by molar-refractivity contribution is 7.19. The third-order valence-electron chi connectivity index (χ3n) is 1.23. The molecular formula is C7H10N4OS. The minimum absolute atomic E-state index is 0.395. The van der Waals surface area contributed by atoms with Gasteiger partial charge in [-0.3, -0.25) is 5.43 Å². The summed E-state index contributed by atoms with van der Waals surface area (Å²) < 4.78 is 0. The lowest BCUT2D eigenvalue weighted by Crippen LogP contribution is -1.91. The average molecular weight is 198 g/mol. The molecule has 0 spiro atoms. The Morgan fingerprint density at radius 3 is 2.69 bits per heavy atom. The number of hydrogen-bond donors (Lipinski definition) is 1. The number of aromatic nitrogens is 1. The number of nitrogens with one attached hydrogen (secondary N) is 1. The van der Waals surface area contributed by atoms with Gasteiger partial charge in [-0.1, -0.05) is 11.3 Å². The van der Waals surface area contributed by atoms with Crippen LogP contribution in [0.2, 0.25) is 0 Å². The van der Waals surface area contributed by atoms with Crippen LogP contribution in [-0.4, -0.2) is 10.7 Å². The summed E-state index contributed by atoms with van der Waals surface area (Å²) in [6.45, 7) is 5.47. The fourth-order valence-electron chi connectivity index (χ4n) is 0.681. The first-order valence-corrected chi connectivity index (χ1v) is 4.53. The molecule has 0 unspecified atom stereocenters. The van der Waals surface area contributed by atoms with E-state index in [1.165, 1.54) is 11.3 Å². The Bertz CT molecular complexity index is 340. The van der Waals surface area contributed by atoms with Crippen LogP contribution in [0.5, 0.6) is 0 Å². The van der Waals surface area contributed by atoms with E-state index in [0.29, 0.717) is 15.8 Å². The molecular weight excluding hydrogens is 188 g/mol. The lowest BCUT2D eigenvalue weighted by molar-refractivity contribution is 1.20. The van der Waals surface area contributed by atoms with Gasteiger partial charge in [0.1, 0.15) is 0 Å². The second-order valence-corrected chi connectivity index (χ2v) is 3.65. The van der Waals surface area contributed by atoms with Crippen molar-refractivity contribution in [2.45, 2.75) is 20.8 Å². The van der Waals surface area contributed by atoms with Gasteiger partial charge in [0.15, 0.2) is 5.00 Å². The number of thiazole rings is 1. The van der Waals surface area contributed by atoms with Crippen LogP contribution in [0.1, 0.15) is 19.5 Å². The van der Waals surface area contributed by atoms with Gasteiger partial charge in [0.2, 0.25) is 5.13 Å². The Hall–Kier alpha value is -1.30. The van der Waals surface area contributed by atoms with Gasteiger partial charge in [-0.25, -0.2) is 4.98 Å². The van der Waals surface area contributed by atoms with Gasteiger partial charge in [0.25, 0.3) is 0 Å². The zero-order valence-corrected chi connectivity index (χ0v) is 8.47. The minimum Gasteiger partial charge on any atom is -0.253 e. The summed E-state index contributed by atoms with van der Waals surface area (Å²) in [6.07, 6.45) is 0. The van der Waals surface area contributed by atoms with Crippen LogP contribution in [-0.2, 0) is 0 Å². The standard InChI is InChI=1S/C7H10N4OS/c1-4(2)9-10-7-8-5(3)6(11-12)13-7/h1-3H3,(H,8,10). The second kappa shape index (κ2) is 4.08. The van der Waals surface area contributed by atoms with Crippen LogP contribution in [0.4, 0.5) is 10.1 Å². The minimum atomic E-state index is 0.395. The van der Waals surface area contributed by atoms with Gasteiger partial charge < -0.3 is 0 Å². The SMILES string of the molecule is CC(C)=NNc1nc(C)c(N=O)s1. The third kappa shape index (κ3) is 2.59. The van der Waals surface area contributed by atoms with E-state index in [4.69, 9.17) is 0 Å². The summed E-state index contributed by atoms with van der Waals surface area (Å²) in [6, 6.07) is 0. The topological polar surface area (TPSA) is 66.7 Å². The van der Waals surface area contributed by atoms with Crippen molar-refractivity contribution < 1.29 is 0 Å². The van der Waals surface area contributed by atoms with Crippen molar-refractivity contribution in [3.8, 4) is 0 Å². The summed E-state index contributed by atoms with van der Waals surface area (Å²) in [4.78, 5) is 14.3. The molecule has 0 saturated heterocycles. The first-order valence-electron chi connectivity index (χ1n) is 3.71. The molecule has 0 bridgehead atoms. The van der Waals surface area contributed by atoms with Gasteiger partial charge in [0.05, 0.1) is 5.69 Å². The van der Waals surface area contributed by atoms with Gasteiger partial charge in [-0.2, -0.15) is 5.10 Å². The smallest absolute Gasteiger partial charge is 0.205 e. The van der Waals surface area contributed by atoms with Crippen molar-refractivity contribution in [2.75, 3.05) is 5.43 Å². The summed E-state index contributed by atoms with van der Waals surface area (Å²) in [5.41, 5.74) is 4.26. The molecule has 0 aliphatic heterocycles. The highest BCUT2D eigenvalue weighted by Gasteiger charge is 2.06. The molecule has 70 valence electrons. The zero-order valence-electron chi connectivity index (χ0n) is 7.66. The Morgan fingerprint density at radius 2 is 2.23 bits per heavy atom. The maximum absolute atomic E-state index is 10.2. The summed E-state index contributed by atoms with van der Waals surface area (Å²) in [5, 5.41) is 7.78. The van der Waals surface area contributed by atoms with Gasteiger partial charge in [0, 0.05) is 5.71 Å². The van der Waals surface area contributed by atoms with Crippen molar-refractivity contribution >= 4 is 27.2 Å². The van der Waals surface area contributed by atoms with Crippen molar-refractivity contribution in [1.29, 1.82) is 0 Å². The molecule has 0 amide bonds. The van der Waals surface area contributed by atoms with Crippen LogP contribution in [0, 0.1) is 11.8 Å². The van der Waals surface area contributed by atoms with Crippen molar-refractivity contribution in [3.05, 3.63) is 10.6 Å². The number of hydrogen-bond acceptors (Lipinski definition) is 6. The predicted octanol–water partition coefficient (Wildman–Crippen LogP) is 2.66. The number of nitroso groups, excluding NO2 is 1. The summed E-state index contributed by atoms with van der Waals surface area (Å²) in [5.74, 6) is 0. The molecule has 1 rings (SSSR count). The number of anilines is 1. The summed E-state index contributed by atoms with van der Waals surface area (Å²) >= 11 is 1.19. The highest BCUT2D eigenvalue weighted by Crippen LogP contribution is 2.29. The Balaban J connectivity index is 2.79. The molecule has 0 atom stereocenters. The predicted molar refractivity (Wildman–Crippen MR) is 54.7 cm³/mol. The molecule has 0 aliphatic carbocycles. The normalized spacial score (nSPS) is 9.46. The molecule has 0 radical (unpaired) electrons. The van der Waals surface area contributed by atoms with Crippen LogP contribution in [0.25, 0.3) is 0 Å². The fraction of sp³-hybridized carbons (Fsp3) is 0.429. The lowest BCUT2D eigenvalue weighted by Gasteiger charge is -1.92. The maximum Gasteiger partial charge on any atom is 0.205 e. The van der Waals surface area contributed by atoms with Crippen LogP contribution in [0.3, 0.4) is 0 Å². The molecule has 1 N–H and O–H groups in total. The number of nitrogens with zero attached hydrogens (tertiary/aromatic N) is 3. The zero-order chi connectivity index (χ0) is 9.84. The highest BCUT2D eigenvalue weighted by atomic mass is 32.1. The van der Waals surface area contributed by atoms with E-state index in [2.05, 4.69) is 20.7 Å². The lowest BCUT2D eigenvalue weighted by atomic mass is 10.5. The molecule has 0 aliphatic rings. The maximum atomic E-state index is 10.2. The number of hydrazone groups is 1. The van der Waals surface area contributed by atoms with E-state index in [-0.39, 0.29) is 0 Å². The largest absolute Gasteiger partial charge is 0.253 e. The molecule has 13 heavy (non-hydrogen) atoms. The molecule has 0 aromatic carbocycles. The van der Waals surface area contributed by atoms with Crippen LogP contribution < -0.4 is 5.43 Å². The Kier molecular flexibility index (Phi) is 3.07. The molecule has 1 aromatic heterocycles. The van der Waals surface area contributed by atoms with Crippen molar-refractivity contribution in [3.63, 3.8) is 0 Å². The number of aryl methyl sites for hydroxylation is 1. The van der Waals surface area contributed by atoms with E-state index in [9.17, 15) is 4.91 Å². The van der Waals surface area contributed by atoms with Crippen molar-refractivity contribution in [2.24, 2.45) is 10.3 Å². The van der Waals surface area contributed by atoms with Crippen LogP contribution >= 0.6 is 11.3 Å². The Labute approximate surface area is 79.9 Å².